The van der Waals surface area contributed by atoms with Gasteiger partial charge in [0.25, 0.3) is 0 Å². The van der Waals surface area contributed by atoms with Gasteiger partial charge in [0, 0.05) is 0 Å². The van der Waals surface area contributed by atoms with Crippen LogP contribution in [0.3, 0.4) is 0 Å². The Labute approximate surface area is 98.6 Å². The molecule has 0 aliphatic carbocycles. The van der Waals surface area contributed by atoms with Crippen molar-refractivity contribution in [3.05, 3.63) is 42.2 Å². The lowest BCUT2D eigenvalue weighted by Crippen LogP contribution is -2.13. The maximum Gasteiger partial charge on any atom is 0.374 e. The van der Waals surface area contributed by atoms with E-state index in [2.05, 4.69) is 9.47 Å². The molecule has 0 N–H and O–H groups in total. The molecule has 0 aliphatic heterocycles. The molecule has 0 heterocycles. The minimum absolute atomic E-state index is 0.231. The van der Waals surface area contributed by atoms with E-state index in [0.29, 0.717) is 5.75 Å². The minimum atomic E-state index is -0.751. The smallest absolute Gasteiger partial charge is 0.374 e. The lowest BCUT2D eigenvalue weighted by Gasteiger charge is -2.07. The SMILES string of the molecule is COC(=O)/C=C(/Oc1ccccc1)C(=O)OC. The fraction of sp³-hybridized carbons (Fsp3) is 0.167. The van der Waals surface area contributed by atoms with E-state index in [9.17, 15) is 9.59 Å². The van der Waals surface area contributed by atoms with Crippen LogP contribution in [0.15, 0.2) is 42.2 Å². The van der Waals surface area contributed by atoms with Crippen LogP contribution in [0.25, 0.3) is 0 Å². The van der Waals surface area contributed by atoms with Crippen LogP contribution in [-0.4, -0.2) is 26.2 Å². The van der Waals surface area contributed by atoms with Gasteiger partial charge in [0.1, 0.15) is 5.75 Å². The highest BCUT2D eigenvalue weighted by atomic mass is 16.6. The number of carbonyl (C=O) groups is 2. The number of ether oxygens (including phenoxy) is 3. The van der Waals surface area contributed by atoms with Gasteiger partial charge in [0.05, 0.1) is 20.3 Å². The third-order valence-corrected chi connectivity index (χ3v) is 1.81. The van der Waals surface area contributed by atoms with Crippen molar-refractivity contribution in [2.75, 3.05) is 14.2 Å². The lowest BCUT2D eigenvalue weighted by molar-refractivity contribution is -0.140. The second-order valence-corrected chi connectivity index (χ2v) is 2.94. The van der Waals surface area contributed by atoms with Crippen molar-refractivity contribution in [2.24, 2.45) is 0 Å². The first-order valence-corrected chi connectivity index (χ1v) is 4.78. The summed E-state index contributed by atoms with van der Waals surface area (Å²) in [5.74, 6) is -1.25. The van der Waals surface area contributed by atoms with Gasteiger partial charge >= 0.3 is 11.9 Å². The van der Waals surface area contributed by atoms with Crippen LogP contribution in [0.4, 0.5) is 0 Å². The molecule has 0 saturated heterocycles. The number of benzene rings is 1. The highest BCUT2D eigenvalue weighted by Crippen LogP contribution is 2.13. The molecule has 1 aromatic carbocycles. The third-order valence-electron chi connectivity index (χ3n) is 1.81. The number of methoxy groups -OCH3 is 2. The Morgan fingerprint density at radius 3 is 2.24 bits per heavy atom. The number of hydrogen-bond acceptors (Lipinski definition) is 5. The molecule has 0 aliphatic rings. The summed E-state index contributed by atoms with van der Waals surface area (Å²) >= 11 is 0. The summed E-state index contributed by atoms with van der Waals surface area (Å²) in [5, 5.41) is 0. The van der Waals surface area contributed by atoms with Gasteiger partial charge in [0.15, 0.2) is 0 Å². The molecule has 90 valence electrons. The molecule has 0 spiro atoms. The van der Waals surface area contributed by atoms with E-state index in [0.717, 1.165) is 6.08 Å². The average molecular weight is 236 g/mol. The number of hydrogen-bond donors (Lipinski definition) is 0. The Bertz CT molecular complexity index is 422. The summed E-state index contributed by atoms with van der Waals surface area (Å²) in [7, 11) is 2.40. The molecule has 0 atom stereocenters. The highest BCUT2D eigenvalue weighted by molar-refractivity contribution is 5.95. The summed E-state index contributed by atoms with van der Waals surface area (Å²) in [5.41, 5.74) is 0. The predicted molar refractivity (Wildman–Crippen MR) is 59.2 cm³/mol. The zero-order chi connectivity index (χ0) is 12.7. The van der Waals surface area contributed by atoms with Crippen molar-refractivity contribution in [1.29, 1.82) is 0 Å². The summed E-state index contributed by atoms with van der Waals surface area (Å²) in [6.45, 7) is 0. The number of carbonyl (C=O) groups excluding carboxylic acids is 2. The van der Waals surface area contributed by atoms with E-state index in [1.54, 1.807) is 30.3 Å². The van der Waals surface area contributed by atoms with E-state index in [1.165, 1.54) is 14.2 Å². The van der Waals surface area contributed by atoms with Crippen molar-refractivity contribution in [2.45, 2.75) is 0 Å². The first-order valence-electron chi connectivity index (χ1n) is 4.78. The molecular formula is C12H12O5. The summed E-state index contributed by atoms with van der Waals surface area (Å²) < 4.78 is 14.1. The summed E-state index contributed by atoms with van der Waals surface area (Å²) in [6, 6.07) is 8.57. The number of para-hydroxylation sites is 1. The largest absolute Gasteiger partial charge is 0.466 e. The Hall–Kier alpha value is -2.30. The zero-order valence-electron chi connectivity index (χ0n) is 9.51. The average Bonchev–Trinajstić information content (AvgIpc) is 2.38. The normalized spacial score (nSPS) is 10.6. The number of rotatable bonds is 4. The molecular weight excluding hydrogens is 224 g/mol. The molecule has 17 heavy (non-hydrogen) atoms. The Morgan fingerprint density at radius 1 is 1.06 bits per heavy atom. The second kappa shape index (κ2) is 6.32. The van der Waals surface area contributed by atoms with Crippen molar-refractivity contribution in [1.82, 2.24) is 0 Å². The van der Waals surface area contributed by atoms with Crippen LogP contribution in [-0.2, 0) is 19.1 Å². The van der Waals surface area contributed by atoms with Crippen LogP contribution in [0.1, 0.15) is 0 Å². The van der Waals surface area contributed by atoms with Gasteiger partial charge in [-0.1, -0.05) is 18.2 Å². The van der Waals surface area contributed by atoms with E-state index in [-0.39, 0.29) is 5.76 Å². The first kappa shape index (κ1) is 12.8. The van der Waals surface area contributed by atoms with Crippen molar-refractivity contribution >= 4 is 11.9 Å². The highest BCUT2D eigenvalue weighted by Gasteiger charge is 2.14. The van der Waals surface area contributed by atoms with Gasteiger partial charge in [-0.25, -0.2) is 9.59 Å². The maximum absolute atomic E-state index is 11.3. The van der Waals surface area contributed by atoms with Crippen molar-refractivity contribution in [3.8, 4) is 5.75 Å². The second-order valence-electron chi connectivity index (χ2n) is 2.94. The van der Waals surface area contributed by atoms with Crippen LogP contribution < -0.4 is 4.74 Å². The van der Waals surface area contributed by atoms with Gasteiger partial charge in [-0.05, 0) is 12.1 Å². The van der Waals surface area contributed by atoms with E-state index in [4.69, 9.17) is 4.74 Å². The zero-order valence-corrected chi connectivity index (χ0v) is 9.51. The first-order chi connectivity index (χ1) is 8.17. The van der Waals surface area contributed by atoms with Gasteiger partial charge in [-0.3, -0.25) is 0 Å². The summed E-state index contributed by atoms with van der Waals surface area (Å²) in [6.07, 6.45) is 0.929. The lowest BCUT2D eigenvalue weighted by atomic mass is 10.3. The van der Waals surface area contributed by atoms with Crippen LogP contribution >= 0.6 is 0 Å². The Balaban J connectivity index is 2.89. The van der Waals surface area contributed by atoms with Gasteiger partial charge in [-0.15, -0.1) is 0 Å². The molecule has 1 rings (SSSR count). The van der Waals surface area contributed by atoms with Gasteiger partial charge in [0.2, 0.25) is 5.76 Å². The number of esters is 2. The molecule has 5 heteroatoms. The standard InChI is InChI=1S/C12H12O5/c1-15-11(13)8-10(12(14)16-2)17-9-6-4-3-5-7-9/h3-8H,1-2H3/b10-8+. The topological polar surface area (TPSA) is 61.8 Å². The fourth-order valence-corrected chi connectivity index (χ4v) is 1.01. The molecule has 0 aromatic heterocycles. The molecule has 0 saturated carbocycles. The Kier molecular flexibility index (Phi) is 4.75. The molecule has 0 amide bonds. The van der Waals surface area contributed by atoms with Crippen LogP contribution in [0.5, 0.6) is 5.75 Å². The molecule has 0 unspecified atom stereocenters. The van der Waals surface area contributed by atoms with Gasteiger partial charge < -0.3 is 14.2 Å². The van der Waals surface area contributed by atoms with E-state index < -0.39 is 11.9 Å². The Morgan fingerprint density at radius 2 is 1.71 bits per heavy atom. The van der Waals surface area contributed by atoms with E-state index >= 15 is 0 Å². The molecule has 0 bridgehead atoms. The van der Waals surface area contributed by atoms with Crippen LogP contribution in [0.2, 0.25) is 0 Å². The minimum Gasteiger partial charge on any atom is -0.466 e. The predicted octanol–water partition coefficient (Wildman–Crippen LogP) is 1.30. The molecule has 0 fully saturated rings. The summed E-state index contributed by atoms with van der Waals surface area (Å²) in [4.78, 5) is 22.4. The third kappa shape index (κ3) is 3.98. The monoisotopic (exact) mass is 236 g/mol. The molecule has 0 radical (unpaired) electrons. The van der Waals surface area contributed by atoms with Crippen molar-refractivity contribution < 1.29 is 23.8 Å². The molecule has 1 aromatic rings. The van der Waals surface area contributed by atoms with Gasteiger partial charge in [-0.2, -0.15) is 0 Å². The fourth-order valence-electron chi connectivity index (χ4n) is 1.01. The maximum atomic E-state index is 11.3. The van der Waals surface area contributed by atoms with Crippen molar-refractivity contribution in [3.63, 3.8) is 0 Å². The quantitative estimate of drug-likeness (QED) is 0.448. The molecule has 5 nitrogen and oxygen atoms in total. The van der Waals surface area contributed by atoms with Crippen LogP contribution in [0, 0.1) is 0 Å². The van der Waals surface area contributed by atoms with E-state index in [1.807, 2.05) is 0 Å².